The van der Waals surface area contributed by atoms with E-state index >= 15 is 0 Å². The van der Waals surface area contributed by atoms with Crippen LogP contribution in [-0.2, 0) is 11.2 Å². The largest absolute Gasteiger partial charge is 0.324 e. The quantitative estimate of drug-likeness (QED) is 0.935. The molecule has 1 aliphatic rings. The van der Waals surface area contributed by atoms with Crippen molar-refractivity contribution in [3.63, 3.8) is 0 Å². The molecule has 0 aliphatic carbocycles. The highest BCUT2D eigenvalue weighted by Crippen LogP contribution is 2.34. The molecule has 1 amide bonds. The Balaban J connectivity index is 1.70. The number of hydrogen-bond donors (Lipinski definition) is 1. The van der Waals surface area contributed by atoms with Crippen LogP contribution in [0.3, 0.4) is 0 Å². The first-order chi connectivity index (χ1) is 11.2. The van der Waals surface area contributed by atoms with E-state index in [2.05, 4.69) is 34.7 Å². The Labute approximate surface area is 140 Å². The van der Waals surface area contributed by atoms with E-state index in [-0.39, 0.29) is 5.91 Å². The van der Waals surface area contributed by atoms with Gasteiger partial charge in [-0.15, -0.1) is 11.3 Å². The van der Waals surface area contributed by atoms with Crippen LogP contribution >= 0.6 is 11.3 Å². The van der Waals surface area contributed by atoms with Gasteiger partial charge in [0.15, 0.2) is 0 Å². The summed E-state index contributed by atoms with van der Waals surface area (Å²) in [6, 6.07) is 11.7. The fourth-order valence-corrected chi connectivity index (χ4v) is 4.11. The molecule has 1 atom stereocenters. The van der Waals surface area contributed by atoms with E-state index in [0.29, 0.717) is 23.8 Å². The highest BCUT2D eigenvalue weighted by molar-refractivity contribution is 7.10. The Kier molecular flexibility index (Phi) is 4.75. The normalized spacial score (nSPS) is 17.3. The van der Waals surface area contributed by atoms with Gasteiger partial charge in [-0.3, -0.25) is 9.69 Å². The van der Waals surface area contributed by atoms with Crippen LogP contribution in [0.5, 0.6) is 0 Å². The number of fused-ring (bicyclic) bond motifs is 1. The SMILES string of the molecule is CC[C@@H]1c2ccsc2CCN1CC(=O)Nc1ccccc1C#N. The maximum Gasteiger partial charge on any atom is 0.238 e. The number of hydrogen-bond acceptors (Lipinski definition) is 4. The first kappa shape index (κ1) is 15.7. The standard InChI is InChI=1S/C18H19N3OS/c1-2-16-14-8-10-23-17(14)7-9-21(16)12-18(22)20-15-6-4-3-5-13(15)11-19/h3-6,8,10,16H,2,7,9,12H2,1H3,(H,20,22)/t16-/m1/s1. The van der Waals surface area contributed by atoms with Gasteiger partial charge in [0.2, 0.25) is 5.91 Å². The monoisotopic (exact) mass is 325 g/mol. The zero-order valence-electron chi connectivity index (χ0n) is 13.1. The Morgan fingerprint density at radius 2 is 2.26 bits per heavy atom. The molecular formula is C18H19N3OS. The van der Waals surface area contributed by atoms with E-state index in [4.69, 9.17) is 5.26 Å². The van der Waals surface area contributed by atoms with Crippen molar-refractivity contribution in [2.75, 3.05) is 18.4 Å². The van der Waals surface area contributed by atoms with Gasteiger partial charge >= 0.3 is 0 Å². The molecule has 0 radical (unpaired) electrons. The predicted octanol–water partition coefficient (Wildman–Crippen LogP) is 3.57. The zero-order chi connectivity index (χ0) is 16.2. The molecule has 2 heterocycles. The van der Waals surface area contributed by atoms with Crippen molar-refractivity contribution < 1.29 is 4.79 Å². The van der Waals surface area contributed by atoms with Crippen molar-refractivity contribution in [2.24, 2.45) is 0 Å². The number of para-hydroxylation sites is 1. The van der Waals surface area contributed by atoms with Gasteiger partial charge in [0, 0.05) is 17.5 Å². The van der Waals surface area contributed by atoms with Crippen LogP contribution in [0.25, 0.3) is 0 Å². The third kappa shape index (κ3) is 3.29. The number of nitrogens with one attached hydrogen (secondary N) is 1. The minimum atomic E-state index is -0.0650. The van der Waals surface area contributed by atoms with Crippen molar-refractivity contribution in [1.82, 2.24) is 4.90 Å². The molecule has 0 bridgehead atoms. The van der Waals surface area contributed by atoms with Crippen molar-refractivity contribution in [3.05, 3.63) is 51.7 Å². The average Bonchev–Trinajstić information content (AvgIpc) is 3.03. The fraction of sp³-hybridized carbons (Fsp3) is 0.333. The van der Waals surface area contributed by atoms with Gasteiger partial charge in [-0.25, -0.2) is 0 Å². The van der Waals surface area contributed by atoms with E-state index < -0.39 is 0 Å². The highest BCUT2D eigenvalue weighted by atomic mass is 32.1. The molecule has 1 aromatic carbocycles. The second-order valence-corrected chi connectivity index (χ2v) is 6.65. The van der Waals surface area contributed by atoms with Crippen LogP contribution in [0.1, 0.15) is 35.4 Å². The molecule has 4 nitrogen and oxygen atoms in total. The van der Waals surface area contributed by atoms with Gasteiger partial charge in [-0.05, 0) is 42.0 Å². The van der Waals surface area contributed by atoms with Crippen LogP contribution in [-0.4, -0.2) is 23.9 Å². The molecule has 3 rings (SSSR count). The van der Waals surface area contributed by atoms with Gasteiger partial charge < -0.3 is 5.32 Å². The number of thiophene rings is 1. The molecule has 0 unspecified atom stereocenters. The predicted molar refractivity (Wildman–Crippen MR) is 92.4 cm³/mol. The Morgan fingerprint density at radius 3 is 3.04 bits per heavy atom. The lowest BCUT2D eigenvalue weighted by Crippen LogP contribution is -2.40. The highest BCUT2D eigenvalue weighted by Gasteiger charge is 2.28. The number of anilines is 1. The van der Waals surface area contributed by atoms with Gasteiger partial charge in [0.1, 0.15) is 6.07 Å². The summed E-state index contributed by atoms with van der Waals surface area (Å²) < 4.78 is 0. The molecule has 5 heteroatoms. The zero-order valence-corrected chi connectivity index (χ0v) is 13.9. The summed E-state index contributed by atoms with van der Waals surface area (Å²) in [6.45, 7) is 3.42. The van der Waals surface area contributed by atoms with Crippen molar-refractivity contribution in [3.8, 4) is 6.07 Å². The van der Waals surface area contributed by atoms with E-state index in [0.717, 1.165) is 19.4 Å². The molecule has 1 N–H and O–H groups in total. The molecule has 0 fully saturated rings. The molecule has 0 spiro atoms. The van der Waals surface area contributed by atoms with E-state index in [9.17, 15) is 4.79 Å². The van der Waals surface area contributed by atoms with Gasteiger partial charge in [-0.2, -0.15) is 5.26 Å². The number of carbonyl (C=O) groups is 1. The molecule has 1 aliphatic heterocycles. The third-order valence-electron chi connectivity index (χ3n) is 4.26. The first-order valence-corrected chi connectivity index (χ1v) is 8.70. The van der Waals surface area contributed by atoms with E-state index in [1.165, 1.54) is 10.4 Å². The van der Waals surface area contributed by atoms with E-state index in [1.807, 2.05) is 17.4 Å². The fourth-order valence-electron chi connectivity index (χ4n) is 3.18. The average molecular weight is 325 g/mol. The Morgan fingerprint density at radius 1 is 1.43 bits per heavy atom. The number of nitrogens with zero attached hydrogens (tertiary/aromatic N) is 2. The number of carbonyl (C=O) groups excluding carboxylic acids is 1. The summed E-state index contributed by atoms with van der Waals surface area (Å²) in [7, 11) is 0. The van der Waals surface area contributed by atoms with Crippen molar-refractivity contribution in [2.45, 2.75) is 25.8 Å². The second-order valence-electron chi connectivity index (χ2n) is 5.65. The topological polar surface area (TPSA) is 56.1 Å². The molecule has 118 valence electrons. The minimum absolute atomic E-state index is 0.0650. The third-order valence-corrected chi connectivity index (χ3v) is 5.26. The number of amides is 1. The van der Waals surface area contributed by atoms with Gasteiger partial charge in [0.25, 0.3) is 0 Å². The van der Waals surface area contributed by atoms with Crippen LogP contribution in [0.15, 0.2) is 35.7 Å². The summed E-state index contributed by atoms with van der Waals surface area (Å²) in [4.78, 5) is 16.1. The lowest BCUT2D eigenvalue weighted by atomic mass is 9.98. The smallest absolute Gasteiger partial charge is 0.238 e. The Bertz CT molecular complexity index is 747. The van der Waals surface area contributed by atoms with Crippen LogP contribution in [0, 0.1) is 11.3 Å². The van der Waals surface area contributed by atoms with Crippen molar-refractivity contribution >= 4 is 22.9 Å². The Hall–Kier alpha value is -2.16. The molecule has 23 heavy (non-hydrogen) atoms. The summed E-state index contributed by atoms with van der Waals surface area (Å²) in [6.07, 6.45) is 2.00. The number of rotatable bonds is 4. The van der Waals surface area contributed by atoms with Crippen LogP contribution < -0.4 is 5.32 Å². The van der Waals surface area contributed by atoms with Gasteiger partial charge in [0.05, 0.1) is 17.8 Å². The molecule has 1 aromatic heterocycles. The molecule has 0 saturated heterocycles. The maximum absolute atomic E-state index is 12.4. The number of benzene rings is 1. The minimum Gasteiger partial charge on any atom is -0.324 e. The molecule has 2 aromatic rings. The molecule has 0 saturated carbocycles. The summed E-state index contributed by atoms with van der Waals surface area (Å²) in [5.41, 5.74) is 2.45. The lowest BCUT2D eigenvalue weighted by Gasteiger charge is -2.34. The number of nitriles is 1. The second kappa shape index (κ2) is 6.95. The first-order valence-electron chi connectivity index (χ1n) is 7.82. The van der Waals surface area contributed by atoms with E-state index in [1.54, 1.807) is 18.2 Å². The molecular weight excluding hydrogens is 306 g/mol. The van der Waals surface area contributed by atoms with Crippen molar-refractivity contribution in [1.29, 1.82) is 5.26 Å². The van der Waals surface area contributed by atoms with Gasteiger partial charge in [-0.1, -0.05) is 19.1 Å². The van der Waals surface area contributed by atoms with Crippen LogP contribution in [0.2, 0.25) is 0 Å². The summed E-state index contributed by atoms with van der Waals surface area (Å²) in [5, 5.41) is 14.1. The summed E-state index contributed by atoms with van der Waals surface area (Å²) >= 11 is 1.81. The summed E-state index contributed by atoms with van der Waals surface area (Å²) in [5.74, 6) is -0.0650. The maximum atomic E-state index is 12.4. The van der Waals surface area contributed by atoms with Crippen LogP contribution in [0.4, 0.5) is 5.69 Å². The lowest BCUT2D eigenvalue weighted by molar-refractivity contribution is -0.118.